The number of rotatable bonds is 10. The number of aliphatic imine (C=N–C) groups is 1. The Kier molecular flexibility index (Phi) is 9.44. The predicted octanol–water partition coefficient (Wildman–Crippen LogP) is 3.33. The van der Waals surface area contributed by atoms with E-state index in [-0.39, 0.29) is 12.5 Å². The molecule has 1 aromatic rings. The average Bonchev–Trinajstić information content (AvgIpc) is 3.51. The molecule has 10 heteroatoms. The van der Waals surface area contributed by atoms with Gasteiger partial charge >= 0.3 is 5.97 Å². The molecule has 0 aromatic carbocycles. The van der Waals surface area contributed by atoms with Gasteiger partial charge in [0.1, 0.15) is 30.2 Å². The molecule has 1 saturated heterocycles. The van der Waals surface area contributed by atoms with Gasteiger partial charge in [0.25, 0.3) is 0 Å². The number of pyridine rings is 1. The van der Waals surface area contributed by atoms with Crippen LogP contribution in [0.3, 0.4) is 0 Å². The van der Waals surface area contributed by atoms with Gasteiger partial charge in [-0.15, -0.1) is 0 Å². The van der Waals surface area contributed by atoms with Crippen molar-refractivity contribution in [3.63, 3.8) is 0 Å². The van der Waals surface area contributed by atoms with Crippen LogP contribution in [0.15, 0.2) is 28.5 Å². The fourth-order valence-electron chi connectivity index (χ4n) is 6.57. The number of fused-ring (bicyclic) bond motifs is 1. The monoisotopic (exact) mass is 551 g/mol. The maximum atomic E-state index is 12.5. The second-order valence-corrected chi connectivity index (χ2v) is 11.6. The van der Waals surface area contributed by atoms with E-state index >= 15 is 0 Å². The molecule has 1 atom stereocenters. The second-order valence-electron chi connectivity index (χ2n) is 11.6. The molecular formula is C30H45N7O3. The predicted molar refractivity (Wildman–Crippen MR) is 156 cm³/mol. The molecule has 2 fully saturated rings. The quantitative estimate of drug-likeness (QED) is 0.299. The summed E-state index contributed by atoms with van der Waals surface area (Å²) in [4.78, 5) is 36.5. The van der Waals surface area contributed by atoms with Gasteiger partial charge in [0.2, 0.25) is 5.91 Å². The Morgan fingerprint density at radius 2 is 1.93 bits per heavy atom. The average molecular weight is 552 g/mol. The Bertz CT molecular complexity index is 1120. The van der Waals surface area contributed by atoms with E-state index < -0.39 is 12.0 Å². The summed E-state index contributed by atoms with van der Waals surface area (Å²) in [6.07, 6.45) is 11.1. The Morgan fingerprint density at radius 3 is 2.67 bits per heavy atom. The highest BCUT2D eigenvalue weighted by Crippen LogP contribution is 2.31. The minimum absolute atomic E-state index is 0.115. The Morgan fingerprint density at radius 1 is 1.12 bits per heavy atom. The molecule has 4 aliphatic rings. The number of nitrogens with zero attached hydrogens (tertiary/aromatic N) is 3. The van der Waals surface area contributed by atoms with Crippen molar-refractivity contribution in [3.8, 4) is 0 Å². The molecule has 218 valence electrons. The lowest BCUT2D eigenvalue weighted by atomic mass is 9.91. The molecule has 1 amide bonds. The van der Waals surface area contributed by atoms with Gasteiger partial charge in [0.05, 0.1) is 0 Å². The number of hydrogen-bond acceptors (Lipinski definition) is 8. The number of piperidine rings is 1. The van der Waals surface area contributed by atoms with Crippen LogP contribution < -0.4 is 21.3 Å². The zero-order valence-corrected chi connectivity index (χ0v) is 23.8. The number of carboxylic acids is 1. The van der Waals surface area contributed by atoms with E-state index in [4.69, 9.17) is 9.98 Å². The third-order valence-electron chi connectivity index (χ3n) is 8.91. The number of aliphatic carboxylic acids is 1. The van der Waals surface area contributed by atoms with Crippen LogP contribution in [0.5, 0.6) is 0 Å². The van der Waals surface area contributed by atoms with Gasteiger partial charge in [0.15, 0.2) is 0 Å². The van der Waals surface area contributed by atoms with Gasteiger partial charge in [-0.05, 0) is 56.1 Å². The Labute approximate surface area is 237 Å². The van der Waals surface area contributed by atoms with E-state index in [0.717, 1.165) is 74.8 Å². The molecule has 0 unspecified atom stereocenters. The molecule has 0 bridgehead atoms. The third-order valence-corrected chi connectivity index (χ3v) is 8.91. The van der Waals surface area contributed by atoms with Gasteiger partial charge < -0.3 is 31.3 Å². The molecule has 4 heterocycles. The van der Waals surface area contributed by atoms with Crippen LogP contribution in [0.25, 0.3) is 0 Å². The topological polar surface area (TPSA) is 131 Å². The molecule has 40 heavy (non-hydrogen) atoms. The molecule has 5 rings (SSSR count). The molecule has 1 saturated carbocycles. The number of aromatic nitrogens is 1. The summed E-state index contributed by atoms with van der Waals surface area (Å²) in [5.41, 5.74) is 3.55. The smallest absolute Gasteiger partial charge is 0.328 e. The first-order chi connectivity index (χ1) is 19.5. The van der Waals surface area contributed by atoms with Crippen molar-refractivity contribution in [2.45, 2.75) is 89.5 Å². The standard InChI is InChI=1S/C30H45N7O3/c1-2-23-28(32-18-25(30(39)40)35-26(38)12-9-20-6-3-4-7-20)33-19-34-29(23)37-16-13-21(14-17-37)24-11-10-22-8-5-15-31-27(22)36-24/h10-11,20-21,25,32-33H,2-9,12-19H2,1H3,(H,31,36)(H,35,38)(H,39,40)/t25-/m0/s1. The van der Waals surface area contributed by atoms with E-state index in [1.165, 1.54) is 43.4 Å². The highest BCUT2D eigenvalue weighted by molar-refractivity contribution is 5.99. The fraction of sp³-hybridized carbons (Fsp3) is 0.667. The van der Waals surface area contributed by atoms with Gasteiger partial charge in [-0.1, -0.05) is 38.7 Å². The fourth-order valence-corrected chi connectivity index (χ4v) is 6.57. The summed E-state index contributed by atoms with van der Waals surface area (Å²) in [6, 6.07) is 3.46. The summed E-state index contributed by atoms with van der Waals surface area (Å²) in [6.45, 7) is 5.45. The number of amides is 1. The lowest BCUT2D eigenvalue weighted by Gasteiger charge is -2.37. The first-order valence-corrected chi connectivity index (χ1v) is 15.3. The number of nitrogens with one attached hydrogen (secondary N) is 4. The summed E-state index contributed by atoms with van der Waals surface area (Å²) in [7, 11) is 0. The van der Waals surface area contributed by atoms with Crippen LogP contribution in [0.1, 0.15) is 88.3 Å². The van der Waals surface area contributed by atoms with Crippen molar-refractivity contribution < 1.29 is 14.7 Å². The van der Waals surface area contributed by atoms with E-state index in [1.54, 1.807) is 0 Å². The summed E-state index contributed by atoms with van der Waals surface area (Å²) in [5, 5.41) is 22.5. The van der Waals surface area contributed by atoms with Crippen LogP contribution in [0.4, 0.5) is 5.82 Å². The molecule has 0 radical (unpaired) electrons. The molecule has 10 nitrogen and oxygen atoms in total. The van der Waals surface area contributed by atoms with Crippen molar-refractivity contribution in [1.82, 2.24) is 25.8 Å². The van der Waals surface area contributed by atoms with Crippen molar-refractivity contribution >= 4 is 23.5 Å². The number of carbonyl (C=O) groups excluding carboxylic acids is 1. The van der Waals surface area contributed by atoms with E-state index in [2.05, 4.69) is 45.2 Å². The molecule has 5 N–H and O–H groups in total. The summed E-state index contributed by atoms with van der Waals surface area (Å²) >= 11 is 0. The Balaban J connectivity index is 1.16. The van der Waals surface area contributed by atoms with Gasteiger partial charge in [-0.25, -0.2) is 14.8 Å². The number of carbonyl (C=O) groups is 2. The van der Waals surface area contributed by atoms with Gasteiger partial charge in [-0.3, -0.25) is 4.79 Å². The number of amidine groups is 1. The van der Waals surface area contributed by atoms with Crippen molar-refractivity contribution in [1.29, 1.82) is 0 Å². The highest BCUT2D eigenvalue weighted by Gasteiger charge is 2.29. The minimum Gasteiger partial charge on any atom is -0.480 e. The number of carboxylic acid groups (broad SMARTS) is 1. The van der Waals surface area contributed by atoms with Crippen molar-refractivity contribution in [2.75, 3.05) is 38.2 Å². The largest absolute Gasteiger partial charge is 0.480 e. The lowest BCUT2D eigenvalue weighted by molar-refractivity contribution is -0.141. The zero-order valence-electron chi connectivity index (χ0n) is 23.8. The lowest BCUT2D eigenvalue weighted by Crippen LogP contribution is -2.50. The van der Waals surface area contributed by atoms with E-state index in [1.807, 2.05) is 0 Å². The van der Waals surface area contributed by atoms with E-state index in [0.29, 0.717) is 24.9 Å². The first-order valence-electron chi connectivity index (χ1n) is 15.3. The number of hydrogen-bond donors (Lipinski definition) is 5. The highest BCUT2D eigenvalue weighted by atomic mass is 16.4. The van der Waals surface area contributed by atoms with Crippen LogP contribution in [0, 0.1) is 5.92 Å². The minimum atomic E-state index is -1.03. The van der Waals surface area contributed by atoms with Crippen molar-refractivity contribution in [3.05, 3.63) is 34.8 Å². The number of anilines is 1. The Hall–Kier alpha value is -3.30. The molecule has 1 aromatic heterocycles. The third kappa shape index (κ3) is 6.88. The van der Waals surface area contributed by atoms with Gasteiger partial charge in [0, 0.05) is 49.8 Å². The van der Waals surface area contributed by atoms with Gasteiger partial charge in [-0.2, -0.15) is 0 Å². The van der Waals surface area contributed by atoms with E-state index in [9.17, 15) is 14.7 Å². The van der Waals surface area contributed by atoms with Crippen LogP contribution in [0.2, 0.25) is 0 Å². The summed E-state index contributed by atoms with van der Waals surface area (Å²) in [5.74, 6) is 2.68. The molecule has 3 aliphatic heterocycles. The summed E-state index contributed by atoms with van der Waals surface area (Å²) < 4.78 is 0. The molecule has 1 aliphatic carbocycles. The first kappa shape index (κ1) is 28.2. The normalized spacial score (nSPS) is 20.7. The molecular weight excluding hydrogens is 506 g/mol. The maximum absolute atomic E-state index is 12.5. The van der Waals surface area contributed by atoms with Crippen LogP contribution in [-0.4, -0.2) is 71.6 Å². The van der Waals surface area contributed by atoms with Crippen molar-refractivity contribution in [2.24, 2.45) is 10.9 Å². The number of aryl methyl sites for hydroxylation is 1. The second kappa shape index (κ2) is 13.4. The van der Waals surface area contributed by atoms with Crippen LogP contribution >= 0.6 is 0 Å². The maximum Gasteiger partial charge on any atom is 0.328 e. The number of likely N-dealkylation sites (tertiary alicyclic amines) is 1. The zero-order chi connectivity index (χ0) is 27.9. The molecule has 0 spiro atoms. The van der Waals surface area contributed by atoms with Crippen LogP contribution in [-0.2, 0) is 16.0 Å². The SMILES string of the molecule is CCC1=C(NC[C@H](NC(=O)CCC2CCCC2)C(=O)O)NCN=C1N1CCC(c2ccc3c(n2)NCCC3)CC1.